The van der Waals surface area contributed by atoms with E-state index in [1.54, 1.807) is 27.7 Å². The van der Waals surface area contributed by atoms with Crippen molar-refractivity contribution >= 4 is 29.6 Å². The van der Waals surface area contributed by atoms with Crippen molar-refractivity contribution in [1.29, 1.82) is 0 Å². The number of carbonyl (C=O) groups excluding carboxylic acids is 2. The quantitative estimate of drug-likeness (QED) is 0.538. The minimum Gasteiger partial charge on any atom is -0.480 e. The summed E-state index contributed by atoms with van der Waals surface area (Å²) in [6.45, 7) is 6.93. The third kappa shape index (κ3) is 5.57. The van der Waals surface area contributed by atoms with Crippen LogP contribution in [0.4, 0.5) is 4.79 Å². The van der Waals surface area contributed by atoms with E-state index in [1.807, 2.05) is 0 Å². The summed E-state index contributed by atoms with van der Waals surface area (Å²) in [6.07, 6.45) is -0.348. The Bertz CT molecular complexity index is 461. The molecule has 1 amide bonds. The lowest BCUT2D eigenvalue weighted by Gasteiger charge is -2.22. The topological polar surface area (TPSA) is 102 Å². The van der Waals surface area contributed by atoms with Gasteiger partial charge in [-0.25, -0.2) is 9.59 Å². The molecular formula is C15H24ClNO6. The summed E-state index contributed by atoms with van der Waals surface area (Å²) in [6, 6.07) is -1.22. The van der Waals surface area contributed by atoms with Crippen LogP contribution in [0.2, 0.25) is 0 Å². The predicted octanol–water partition coefficient (Wildman–Crippen LogP) is 2.02. The maximum absolute atomic E-state index is 11.9. The Labute approximate surface area is 140 Å². The molecule has 1 aliphatic rings. The maximum Gasteiger partial charge on any atom is 0.408 e. The molecule has 0 radical (unpaired) electrons. The second-order valence-corrected chi connectivity index (χ2v) is 6.84. The van der Waals surface area contributed by atoms with Crippen molar-refractivity contribution in [3.05, 3.63) is 0 Å². The van der Waals surface area contributed by atoms with Crippen molar-refractivity contribution in [2.45, 2.75) is 45.8 Å². The molecule has 0 aromatic rings. The Morgan fingerprint density at radius 1 is 1.30 bits per heavy atom. The van der Waals surface area contributed by atoms with Gasteiger partial charge in [0, 0.05) is 11.8 Å². The number of carbonyl (C=O) groups is 3. The normalized spacial score (nSPS) is 24.5. The lowest BCUT2D eigenvalue weighted by molar-refractivity contribution is -0.145. The molecular weight excluding hydrogens is 326 g/mol. The summed E-state index contributed by atoms with van der Waals surface area (Å²) < 4.78 is 10.0. The van der Waals surface area contributed by atoms with Gasteiger partial charge in [0.2, 0.25) is 0 Å². The smallest absolute Gasteiger partial charge is 0.408 e. The van der Waals surface area contributed by atoms with E-state index in [0.717, 1.165) is 0 Å². The van der Waals surface area contributed by atoms with Crippen LogP contribution in [-0.4, -0.2) is 47.3 Å². The van der Waals surface area contributed by atoms with Crippen LogP contribution in [0.3, 0.4) is 0 Å². The summed E-state index contributed by atoms with van der Waals surface area (Å²) in [5.74, 6) is -2.70. The Morgan fingerprint density at radius 2 is 1.91 bits per heavy atom. The highest BCUT2D eigenvalue weighted by Crippen LogP contribution is 2.51. The summed E-state index contributed by atoms with van der Waals surface area (Å²) in [5, 5.41) is 11.7. The highest BCUT2D eigenvalue weighted by Gasteiger charge is 2.60. The van der Waals surface area contributed by atoms with Crippen LogP contribution in [0.15, 0.2) is 0 Å². The van der Waals surface area contributed by atoms with Crippen LogP contribution in [-0.2, 0) is 19.1 Å². The first-order chi connectivity index (χ1) is 10.6. The monoisotopic (exact) mass is 349 g/mol. The molecule has 2 N–H and O–H groups in total. The van der Waals surface area contributed by atoms with Crippen molar-refractivity contribution in [2.24, 2.45) is 17.8 Å². The molecule has 4 unspecified atom stereocenters. The van der Waals surface area contributed by atoms with Crippen molar-refractivity contribution in [1.82, 2.24) is 5.32 Å². The van der Waals surface area contributed by atoms with Crippen molar-refractivity contribution in [3.63, 3.8) is 0 Å². The first-order valence-corrected chi connectivity index (χ1v) is 8.10. The number of hydrogen-bond acceptors (Lipinski definition) is 5. The van der Waals surface area contributed by atoms with Gasteiger partial charge < -0.3 is 19.9 Å². The van der Waals surface area contributed by atoms with Gasteiger partial charge in [-0.3, -0.25) is 4.79 Å². The number of carboxylic acid groups (broad SMARTS) is 1. The van der Waals surface area contributed by atoms with Crippen LogP contribution in [0, 0.1) is 17.8 Å². The molecule has 1 rings (SSSR count). The standard InChI is InChI=1S/C15H24ClNO6/c1-5-22-13(20)10-8(6-7-16)9(10)11(12(18)19)17-14(21)23-15(2,3)4/h8-11H,5-7H2,1-4H3,(H,17,21)(H,18,19). The van der Waals surface area contributed by atoms with E-state index < -0.39 is 41.5 Å². The molecule has 0 spiro atoms. The van der Waals surface area contributed by atoms with Crippen molar-refractivity contribution in [3.8, 4) is 0 Å². The van der Waals surface area contributed by atoms with Crippen LogP contribution in [0.5, 0.6) is 0 Å². The van der Waals surface area contributed by atoms with Crippen LogP contribution in [0.25, 0.3) is 0 Å². The van der Waals surface area contributed by atoms with Gasteiger partial charge in [0.15, 0.2) is 0 Å². The molecule has 23 heavy (non-hydrogen) atoms. The van der Waals surface area contributed by atoms with Gasteiger partial charge in [-0.05, 0) is 40.0 Å². The minimum absolute atomic E-state index is 0.215. The number of ether oxygens (including phenoxy) is 2. The summed E-state index contributed by atoms with van der Waals surface area (Å²) in [5.41, 5.74) is -0.743. The lowest BCUT2D eigenvalue weighted by Crippen LogP contribution is -2.45. The third-order valence-electron chi connectivity index (χ3n) is 3.55. The summed E-state index contributed by atoms with van der Waals surface area (Å²) >= 11 is 5.71. The molecule has 0 aromatic carbocycles. The van der Waals surface area contributed by atoms with E-state index in [-0.39, 0.29) is 12.5 Å². The largest absolute Gasteiger partial charge is 0.480 e. The molecule has 0 bridgehead atoms. The average Bonchev–Trinajstić information content (AvgIpc) is 3.08. The fourth-order valence-corrected chi connectivity index (χ4v) is 2.93. The number of hydrogen-bond donors (Lipinski definition) is 2. The van der Waals surface area contributed by atoms with E-state index in [2.05, 4.69) is 5.32 Å². The Balaban J connectivity index is 2.81. The van der Waals surface area contributed by atoms with Gasteiger partial charge >= 0.3 is 18.0 Å². The highest BCUT2D eigenvalue weighted by atomic mass is 35.5. The molecule has 0 saturated heterocycles. The van der Waals surface area contributed by atoms with Gasteiger partial charge in [0.1, 0.15) is 11.6 Å². The highest BCUT2D eigenvalue weighted by molar-refractivity contribution is 6.17. The number of carboxylic acids is 1. The molecule has 0 aromatic heterocycles. The Morgan fingerprint density at radius 3 is 2.35 bits per heavy atom. The zero-order chi connectivity index (χ0) is 17.8. The fraction of sp³-hybridized carbons (Fsp3) is 0.800. The lowest BCUT2D eigenvalue weighted by atomic mass is 10.1. The molecule has 4 atom stereocenters. The zero-order valence-corrected chi connectivity index (χ0v) is 14.6. The van der Waals surface area contributed by atoms with E-state index in [1.165, 1.54) is 0 Å². The first kappa shape index (κ1) is 19.5. The minimum atomic E-state index is -1.22. The van der Waals surface area contributed by atoms with Crippen LogP contribution >= 0.6 is 11.6 Å². The van der Waals surface area contributed by atoms with Crippen molar-refractivity contribution in [2.75, 3.05) is 12.5 Å². The summed E-state index contributed by atoms with van der Waals surface area (Å²) in [7, 11) is 0. The number of nitrogens with one attached hydrogen (secondary N) is 1. The number of aliphatic carboxylic acids is 1. The molecule has 1 fully saturated rings. The van der Waals surface area contributed by atoms with E-state index in [4.69, 9.17) is 21.1 Å². The van der Waals surface area contributed by atoms with Gasteiger partial charge in [-0.15, -0.1) is 11.6 Å². The Hall–Kier alpha value is -1.50. The second-order valence-electron chi connectivity index (χ2n) is 6.46. The van der Waals surface area contributed by atoms with Gasteiger partial charge in [-0.2, -0.15) is 0 Å². The SMILES string of the molecule is CCOC(=O)C1C(CCCl)C1C(NC(=O)OC(C)(C)C)C(=O)O. The second kappa shape index (κ2) is 7.86. The molecule has 0 aliphatic heterocycles. The van der Waals surface area contributed by atoms with E-state index in [0.29, 0.717) is 12.3 Å². The number of rotatable bonds is 7. The first-order valence-electron chi connectivity index (χ1n) is 7.57. The van der Waals surface area contributed by atoms with E-state index in [9.17, 15) is 19.5 Å². The van der Waals surface area contributed by atoms with Crippen LogP contribution < -0.4 is 5.32 Å². The zero-order valence-electron chi connectivity index (χ0n) is 13.8. The van der Waals surface area contributed by atoms with E-state index >= 15 is 0 Å². The molecule has 1 saturated carbocycles. The molecule has 1 aliphatic carbocycles. The molecule has 7 nitrogen and oxygen atoms in total. The molecule has 0 heterocycles. The van der Waals surface area contributed by atoms with Crippen LogP contribution in [0.1, 0.15) is 34.1 Å². The number of esters is 1. The fourth-order valence-electron chi connectivity index (χ4n) is 2.68. The molecule has 132 valence electrons. The molecule has 8 heteroatoms. The average molecular weight is 350 g/mol. The number of alkyl carbamates (subject to hydrolysis) is 1. The van der Waals surface area contributed by atoms with Gasteiger partial charge in [0.25, 0.3) is 0 Å². The van der Waals surface area contributed by atoms with Crippen molar-refractivity contribution < 1.29 is 29.0 Å². The maximum atomic E-state index is 11.9. The van der Waals surface area contributed by atoms with Gasteiger partial charge in [0.05, 0.1) is 12.5 Å². The number of alkyl halides is 1. The Kier molecular flexibility index (Phi) is 6.68. The number of halogens is 1. The third-order valence-corrected chi connectivity index (χ3v) is 3.77. The predicted molar refractivity (Wildman–Crippen MR) is 83.2 cm³/mol. The number of amides is 1. The summed E-state index contributed by atoms with van der Waals surface area (Å²) in [4.78, 5) is 35.3. The van der Waals surface area contributed by atoms with Gasteiger partial charge in [-0.1, -0.05) is 0 Å².